The second-order valence-electron chi connectivity index (χ2n) is 6.85. The lowest BCUT2D eigenvalue weighted by Crippen LogP contribution is -2.41. The third-order valence-corrected chi connectivity index (χ3v) is 7.09. The number of hydrogen-bond donors (Lipinski definition) is 2. The molecule has 0 aliphatic carbocycles. The maximum atomic E-state index is 13.1. The largest absolute Gasteiger partial charge is 0.492 e. The van der Waals surface area contributed by atoms with Gasteiger partial charge in [0.25, 0.3) is 5.91 Å². The van der Waals surface area contributed by atoms with Crippen molar-refractivity contribution in [2.45, 2.75) is 38.6 Å². The van der Waals surface area contributed by atoms with Gasteiger partial charge < -0.3 is 15.4 Å². The Bertz CT molecular complexity index is 1070. The molecule has 2 aromatic rings. The summed E-state index contributed by atoms with van der Waals surface area (Å²) in [5.74, 6) is -0.798. The van der Waals surface area contributed by atoms with Crippen molar-refractivity contribution in [2.24, 2.45) is 0 Å². The summed E-state index contributed by atoms with van der Waals surface area (Å²) in [5, 5.41) is 5.50. The van der Waals surface area contributed by atoms with Gasteiger partial charge in [0.05, 0.1) is 17.2 Å². The van der Waals surface area contributed by atoms with E-state index in [9.17, 15) is 18.0 Å². The van der Waals surface area contributed by atoms with Crippen LogP contribution in [-0.4, -0.2) is 50.3 Å². The fraction of sp³-hybridized carbons (Fsp3) is 0.364. The number of amides is 2. The second kappa shape index (κ2) is 11.3. The molecular weight excluding hydrogens is 454 g/mol. The molecule has 174 valence electrons. The Morgan fingerprint density at radius 3 is 2.34 bits per heavy atom. The molecule has 0 fully saturated rings. The standard InChI is InChI=1S/C22H28ClN3O5S/c1-5-26(6-2)32(29,30)20-14-16(12-13-19(20)31-7-3)25-21(27)15(4)24-22(28)17-10-8-9-11-18(17)23/h8-15H,5-7H2,1-4H3,(H,24,28)(H,25,27). The van der Waals surface area contributed by atoms with Crippen LogP contribution < -0.4 is 15.4 Å². The maximum absolute atomic E-state index is 13.1. The molecular formula is C22H28ClN3O5S. The number of nitrogens with one attached hydrogen (secondary N) is 2. The quantitative estimate of drug-likeness (QED) is 0.540. The zero-order chi connectivity index (χ0) is 23.9. The average molecular weight is 482 g/mol. The van der Waals surface area contributed by atoms with Crippen molar-refractivity contribution in [1.29, 1.82) is 0 Å². The van der Waals surface area contributed by atoms with Crippen LogP contribution in [0.2, 0.25) is 5.02 Å². The van der Waals surface area contributed by atoms with Crippen molar-refractivity contribution in [3.8, 4) is 5.75 Å². The van der Waals surface area contributed by atoms with Crippen LogP contribution >= 0.6 is 11.6 Å². The third kappa shape index (κ3) is 5.99. The van der Waals surface area contributed by atoms with Crippen molar-refractivity contribution in [3.63, 3.8) is 0 Å². The summed E-state index contributed by atoms with van der Waals surface area (Å²) >= 11 is 6.03. The molecule has 0 aliphatic rings. The highest BCUT2D eigenvalue weighted by Gasteiger charge is 2.27. The van der Waals surface area contributed by atoms with Gasteiger partial charge in [0.1, 0.15) is 16.7 Å². The fourth-order valence-electron chi connectivity index (χ4n) is 3.00. The summed E-state index contributed by atoms with van der Waals surface area (Å²) in [6.45, 7) is 7.65. The molecule has 0 saturated carbocycles. The van der Waals surface area contributed by atoms with Gasteiger partial charge in [0.2, 0.25) is 15.9 Å². The van der Waals surface area contributed by atoms with Crippen molar-refractivity contribution in [1.82, 2.24) is 9.62 Å². The van der Waals surface area contributed by atoms with Crippen LogP contribution in [0.5, 0.6) is 5.75 Å². The van der Waals surface area contributed by atoms with Gasteiger partial charge in [-0.05, 0) is 44.2 Å². The summed E-state index contributed by atoms with van der Waals surface area (Å²) in [7, 11) is -3.82. The first-order chi connectivity index (χ1) is 15.1. The smallest absolute Gasteiger partial charge is 0.253 e. The van der Waals surface area contributed by atoms with Crippen LogP contribution in [0.1, 0.15) is 38.1 Å². The van der Waals surface area contributed by atoms with E-state index in [1.165, 1.54) is 23.4 Å². The van der Waals surface area contributed by atoms with Gasteiger partial charge in [0.15, 0.2) is 0 Å². The molecule has 0 aliphatic heterocycles. The Labute approximate surface area is 193 Å². The van der Waals surface area contributed by atoms with Crippen molar-refractivity contribution < 1.29 is 22.7 Å². The Morgan fingerprint density at radius 2 is 1.75 bits per heavy atom. The first-order valence-electron chi connectivity index (χ1n) is 10.3. The molecule has 0 bridgehead atoms. The summed E-state index contributed by atoms with van der Waals surface area (Å²) in [6.07, 6.45) is 0. The fourth-order valence-corrected chi connectivity index (χ4v) is 4.84. The minimum atomic E-state index is -3.82. The van der Waals surface area contributed by atoms with Crippen LogP contribution in [0.4, 0.5) is 5.69 Å². The Morgan fingerprint density at radius 1 is 1.09 bits per heavy atom. The predicted molar refractivity (Wildman–Crippen MR) is 125 cm³/mol. The maximum Gasteiger partial charge on any atom is 0.253 e. The molecule has 0 spiro atoms. The van der Waals surface area contributed by atoms with Crippen LogP contribution in [-0.2, 0) is 14.8 Å². The molecule has 8 nitrogen and oxygen atoms in total. The first kappa shape index (κ1) is 25.6. The SMILES string of the molecule is CCOc1ccc(NC(=O)C(C)NC(=O)c2ccccc2Cl)cc1S(=O)(=O)N(CC)CC. The zero-order valence-electron chi connectivity index (χ0n) is 18.5. The first-order valence-corrected chi connectivity index (χ1v) is 12.1. The minimum Gasteiger partial charge on any atom is -0.492 e. The lowest BCUT2D eigenvalue weighted by molar-refractivity contribution is -0.117. The van der Waals surface area contributed by atoms with Crippen molar-refractivity contribution in [3.05, 3.63) is 53.1 Å². The number of benzene rings is 2. The highest BCUT2D eigenvalue weighted by atomic mass is 35.5. The van der Waals surface area contributed by atoms with Crippen molar-refractivity contribution >= 4 is 39.1 Å². The van der Waals surface area contributed by atoms with E-state index in [-0.39, 0.29) is 33.5 Å². The topological polar surface area (TPSA) is 105 Å². The summed E-state index contributed by atoms with van der Waals surface area (Å²) < 4.78 is 32.9. The van der Waals surface area contributed by atoms with E-state index in [2.05, 4.69) is 10.6 Å². The molecule has 2 amide bonds. The lowest BCUT2D eigenvalue weighted by Gasteiger charge is -2.21. The van der Waals surface area contributed by atoms with E-state index in [0.29, 0.717) is 13.1 Å². The normalized spacial score (nSPS) is 12.3. The summed E-state index contributed by atoms with van der Waals surface area (Å²) in [6, 6.07) is 10.0. The van der Waals surface area contributed by atoms with Gasteiger partial charge >= 0.3 is 0 Å². The number of carbonyl (C=O) groups excluding carboxylic acids is 2. The number of rotatable bonds is 10. The third-order valence-electron chi connectivity index (χ3n) is 4.69. The van der Waals surface area contributed by atoms with E-state index in [4.69, 9.17) is 16.3 Å². The van der Waals surface area contributed by atoms with Crippen molar-refractivity contribution in [2.75, 3.05) is 25.0 Å². The highest BCUT2D eigenvalue weighted by Crippen LogP contribution is 2.30. The van der Waals surface area contributed by atoms with Gasteiger partial charge in [-0.3, -0.25) is 9.59 Å². The molecule has 32 heavy (non-hydrogen) atoms. The molecule has 0 aromatic heterocycles. The van der Waals surface area contributed by atoms with Crippen LogP contribution in [0, 0.1) is 0 Å². The number of halogens is 1. The molecule has 2 N–H and O–H groups in total. The number of hydrogen-bond acceptors (Lipinski definition) is 5. The van der Waals surface area contributed by atoms with E-state index in [0.717, 1.165) is 0 Å². The molecule has 0 radical (unpaired) electrons. The van der Waals surface area contributed by atoms with Crippen LogP contribution in [0.15, 0.2) is 47.4 Å². The molecule has 0 heterocycles. The summed E-state index contributed by atoms with van der Waals surface area (Å²) in [5.41, 5.74) is 0.519. The second-order valence-corrected chi connectivity index (χ2v) is 9.16. The van der Waals surface area contributed by atoms with E-state index in [1.54, 1.807) is 51.1 Å². The molecule has 10 heteroatoms. The average Bonchev–Trinajstić information content (AvgIpc) is 2.75. The Hall–Kier alpha value is -2.62. The van der Waals surface area contributed by atoms with Gasteiger partial charge in [-0.25, -0.2) is 8.42 Å². The number of anilines is 1. The van der Waals surface area contributed by atoms with Gasteiger partial charge in [-0.2, -0.15) is 4.31 Å². The number of carbonyl (C=O) groups is 2. The van der Waals surface area contributed by atoms with E-state index < -0.39 is 27.9 Å². The van der Waals surface area contributed by atoms with E-state index >= 15 is 0 Å². The molecule has 2 aromatic carbocycles. The predicted octanol–water partition coefficient (Wildman–Crippen LogP) is 3.53. The van der Waals surface area contributed by atoms with Gasteiger partial charge in [-0.1, -0.05) is 37.6 Å². The molecule has 1 atom stereocenters. The molecule has 1 unspecified atom stereocenters. The summed E-state index contributed by atoms with van der Waals surface area (Å²) in [4.78, 5) is 25.0. The minimum absolute atomic E-state index is 0.0337. The number of sulfonamides is 1. The van der Waals surface area contributed by atoms with Crippen LogP contribution in [0.25, 0.3) is 0 Å². The Balaban J connectivity index is 2.24. The van der Waals surface area contributed by atoms with Gasteiger partial charge in [-0.15, -0.1) is 0 Å². The Kier molecular flexibility index (Phi) is 9.06. The lowest BCUT2D eigenvalue weighted by atomic mass is 10.2. The molecule has 2 rings (SSSR count). The highest BCUT2D eigenvalue weighted by molar-refractivity contribution is 7.89. The number of ether oxygens (including phenoxy) is 1. The zero-order valence-corrected chi connectivity index (χ0v) is 20.1. The van der Waals surface area contributed by atoms with E-state index in [1.807, 2.05) is 0 Å². The monoisotopic (exact) mass is 481 g/mol. The van der Waals surface area contributed by atoms with Gasteiger partial charge in [0, 0.05) is 18.8 Å². The number of nitrogens with zero attached hydrogens (tertiary/aromatic N) is 1. The molecule has 0 saturated heterocycles. The van der Waals surface area contributed by atoms with Crippen LogP contribution in [0.3, 0.4) is 0 Å².